The van der Waals surface area contributed by atoms with E-state index in [4.69, 9.17) is 4.74 Å². The van der Waals surface area contributed by atoms with Crippen molar-refractivity contribution < 1.29 is 9.53 Å². The third kappa shape index (κ3) is 6.11. The Labute approximate surface area is 196 Å². The molecular formula is C27H32N4O2. The van der Waals surface area contributed by atoms with Gasteiger partial charge in [0.05, 0.1) is 6.54 Å². The number of cyclic esters (lactones) is 1. The van der Waals surface area contributed by atoms with Crippen molar-refractivity contribution in [1.29, 1.82) is 0 Å². The van der Waals surface area contributed by atoms with Crippen molar-refractivity contribution >= 4 is 11.8 Å². The van der Waals surface area contributed by atoms with Crippen LogP contribution in [0.25, 0.3) is 0 Å². The zero-order valence-corrected chi connectivity index (χ0v) is 19.4. The Morgan fingerprint density at radius 3 is 2.55 bits per heavy atom. The number of nitrogens with zero attached hydrogens (tertiary/aromatic N) is 4. The second-order valence-electron chi connectivity index (χ2n) is 8.51. The van der Waals surface area contributed by atoms with Crippen LogP contribution in [0.1, 0.15) is 29.7 Å². The van der Waals surface area contributed by atoms with E-state index in [9.17, 15) is 4.79 Å². The van der Waals surface area contributed by atoms with E-state index in [2.05, 4.69) is 65.2 Å². The van der Waals surface area contributed by atoms with E-state index in [0.717, 1.165) is 37.3 Å². The summed E-state index contributed by atoms with van der Waals surface area (Å²) in [5.74, 6) is 0. The van der Waals surface area contributed by atoms with E-state index in [0.29, 0.717) is 13.1 Å². The second kappa shape index (κ2) is 11.0. The summed E-state index contributed by atoms with van der Waals surface area (Å²) in [6.45, 7) is 7.02. The molecule has 0 spiro atoms. The predicted octanol–water partition coefficient (Wildman–Crippen LogP) is 4.73. The molecule has 0 bridgehead atoms. The predicted molar refractivity (Wildman–Crippen MR) is 131 cm³/mol. The number of pyridine rings is 1. The maximum atomic E-state index is 12.4. The quantitative estimate of drug-likeness (QED) is 0.452. The minimum absolute atomic E-state index is 0.204. The van der Waals surface area contributed by atoms with Gasteiger partial charge in [-0.15, -0.1) is 0 Å². The van der Waals surface area contributed by atoms with Crippen LogP contribution in [0.2, 0.25) is 0 Å². The van der Waals surface area contributed by atoms with E-state index < -0.39 is 0 Å². The number of ether oxygens (including phenoxy) is 1. The van der Waals surface area contributed by atoms with Gasteiger partial charge in [-0.05, 0) is 54.9 Å². The lowest BCUT2D eigenvalue weighted by molar-refractivity contribution is 0.132. The van der Waals surface area contributed by atoms with E-state index >= 15 is 0 Å². The Balaban J connectivity index is 1.34. The lowest BCUT2D eigenvalue weighted by Gasteiger charge is -2.27. The molecule has 6 heteroatoms. The first-order valence-corrected chi connectivity index (χ1v) is 11.5. The molecule has 1 saturated heterocycles. The van der Waals surface area contributed by atoms with Gasteiger partial charge in [0.25, 0.3) is 0 Å². The fourth-order valence-corrected chi connectivity index (χ4v) is 4.19. The summed E-state index contributed by atoms with van der Waals surface area (Å²) < 4.78 is 5.61. The Kier molecular flexibility index (Phi) is 7.58. The molecule has 2 aromatic carbocycles. The molecule has 1 aliphatic rings. The third-order valence-corrected chi connectivity index (χ3v) is 6.04. The van der Waals surface area contributed by atoms with Crippen LogP contribution < -0.4 is 4.90 Å². The average Bonchev–Trinajstić information content (AvgIpc) is 3.21. The Bertz CT molecular complexity index is 1030. The van der Waals surface area contributed by atoms with Crippen LogP contribution >= 0.6 is 0 Å². The number of hydrogen-bond donors (Lipinski definition) is 0. The van der Waals surface area contributed by atoms with Crippen LogP contribution in [0.4, 0.5) is 10.5 Å². The van der Waals surface area contributed by atoms with E-state index in [-0.39, 0.29) is 12.2 Å². The summed E-state index contributed by atoms with van der Waals surface area (Å²) >= 11 is 0. The Morgan fingerprint density at radius 1 is 1.00 bits per heavy atom. The fraction of sp³-hybridized carbons (Fsp3) is 0.333. The number of carbonyl (C=O) groups is 1. The van der Waals surface area contributed by atoms with Crippen LogP contribution in [0.15, 0.2) is 79.1 Å². The summed E-state index contributed by atoms with van der Waals surface area (Å²) in [4.78, 5) is 23.0. The Hall–Kier alpha value is -3.38. The number of carbonyl (C=O) groups excluding carboxylic acids is 1. The van der Waals surface area contributed by atoms with E-state index in [1.54, 1.807) is 4.90 Å². The first-order valence-electron chi connectivity index (χ1n) is 11.5. The van der Waals surface area contributed by atoms with Crippen LogP contribution in [0, 0.1) is 0 Å². The molecule has 2 heterocycles. The molecule has 1 aromatic heterocycles. The summed E-state index contributed by atoms with van der Waals surface area (Å²) in [5, 5.41) is 0. The SMILES string of the molecule is CCN(CCN(C)Cc1ccncc1)c1cccc(CN2C[C@@H](c3ccccc3)OC2=O)c1. The van der Waals surface area contributed by atoms with Gasteiger partial charge in [-0.2, -0.15) is 0 Å². The number of rotatable bonds is 10. The number of likely N-dealkylation sites (N-methyl/N-ethyl adjacent to an activating group) is 2. The van der Waals surface area contributed by atoms with E-state index in [1.165, 1.54) is 11.3 Å². The van der Waals surface area contributed by atoms with Crippen molar-refractivity contribution in [3.63, 3.8) is 0 Å². The Morgan fingerprint density at radius 2 is 1.79 bits per heavy atom. The van der Waals surface area contributed by atoms with Gasteiger partial charge < -0.3 is 14.5 Å². The standard InChI is InChI=1S/C27H32N4O2/c1-3-30(17-16-29(2)19-22-12-14-28-15-13-22)25-11-7-8-23(18-25)20-31-21-26(33-27(31)32)24-9-5-4-6-10-24/h4-15,18,26H,3,16-17,19-21H2,1-2H3/t26-/m0/s1. The van der Waals surface area contributed by atoms with Crippen molar-refractivity contribution in [3.05, 3.63) is 95.8 Å². The molecule has 0 radical (unpaired) electrons. The highest BCUT2D eigenvalue weighted by molar-refractivity contribution is 5.70. The summed E-state index contributed by atoms with van der Waals surface area (Å²) in [7, 11) is 2.15. The highest BCUT2D eigenvalue weighted by Gasteiger charge is 2.32. The number of benzene rings is 2. The molecule has 1 atom stereocenters. The smallest absolute Gasteiger partial charge is 0.410 e. The van der Waals surface area contributed by atoms with Crippen molar-refractivity contribution in [2.45, 2.75) is 26.1 Å². The topological polar surface area (TPSA) is 48.9 Å². The van der Waals surface area contributed by atoms with Gasteiger partial charge in [0.2, 0.25) is 0 Å². The molecule has 1 amide bonds. The van der Waals surface area contributed by atoms with Crippen LogP contribution in [-0.4, -0.2) is 54.1 Å². The van der Waals surface area contributed by atoms with Crippen LogP contribution in [0.5, 0.6) is 0 Å². The maximum Gasteiger partial charge on any atom is 0.410 e. The number of hydrogen-bond acceptors (Lipinski definition) is 5. The van der Waals surface area contributed by atoms with Crippen molar-refractivity contribution in [1.82, 2.24) is 14.8 Å². The molecule has 1 fully saturated rings. The van der Waals surface area contributed by atoms with Gasteiger partial charge in [0.1, 0.15) is 6.10 Å². The van der Waals surface area contributed by atoms with Crippen LogP contribution in [0.3, 0.4) is 0 Å². The molecule has 172 valence electrons. The minimum atomic E-state index is -0.251. The molecule has 0 N–H and O–H groups in total. The van der Waals surface area contributed by atoms with E-state index in [1.807, 2.05) is 42.7 Å². The molecular weight excluding hydrogens is 412 g/mol. The first-order chi connectivity index (χ1) is 16.1. The van der Waals surface area contributed by atoms with Gasteiger partial charge in [-0.3, -0.25) is 9.88 Å². The minimum Gasteiger partial charge on any atom is -0.439 e. The first kappa shape index (κ1) is 22.8. The monoisotopic (exact) mass is 444 g/mol. The molecule has 33 heavy (non-hydrogen) atoms. The number of amides is 1. The largest absolute Gasteiger partial charge is 0.439 e. The second-order valence-corrected chi connectivity index (χ2v) is 8.51. The average molecular weight is 445 g/mol. The fourth-order valence-electron chi connectivity index (χ4n) is 4.19. The van der Waals surface area contributed by atoms with Crippen molar-refractivity contribution in [3.8, 4) is 0 Å². The van der Waals surface area contributed by atoms with Crippen molar-refractivity contribution in [2.75, 3.05) is 38.1 Å². The van der Waals surface area contributed by atoms with Gasteiger partial charge in [0, 0.05) is 50.8 Å². The summed E-state index contributed by atoms with van der Waals surface area (Å²) in [6.07, 6.45) is 3.22. The van der Waals surface area contributed by atoms with Gasteiger partial charge in [0.15, 0.2) is 0 Å². The molecule has 0 saturated carbocycles. The van der Waals surface area contributed by atoms with Crippen molar-refractivity contribution in [2.24, 2.45) is 0 Å². The highest BCUT2D eigenvalue weighted by Crippen LogP contribution is 2.27. The molecule has 1 aliphatic heterocycles. The third-order valence-electron chi connectivity index (χ3n) is 6.04. The lowest BCUT2D eigenvalue weighted by atomic mass is 10.1. The molecule has 4 rings (SSSR count). The molecule has 0 aliphatic carbocycles. The zero-order chi connectivity index (χ0) is 23.0. The number of aromatic nitrogens is 1. The zero-order valence-electron chi connectivity index (χ0n) is 19.4. The normalized spacial score (nSPS) is 15.7. The summed E-state index contributed by atoms with van der Waals surface area (Å²) in [5.41, 5.74) is 4.60. The van der Waals surface area contributed by atoms with Gasteiger partial charge in [-0.1, -0.05) is 42.5 Å². The highest BCUT2D eigenvalue weighted by atomic mass is 16.6. The van der Waals surface area contributed by atoms with Gasteiger partial charge in [-0.25, -0.2) is 4.79 Å². The summed E-state index contributed by atoms with van der Waals surface area (Å²) in [6, 6.07) is 22.5. The van der Waals surface area contributed by atoms with Crippen LogP contribution in [-0.2, 0) is 17.8 Å². The van der Waals surface area contributed by atoms with Gasteiger partial charge >= 0.3 is 6.09 Å². The molecule has 0 unspecified atom stereocenters. The molecule has 3 aromatic rings. The number of anilines is 1. The maximum absolute atomic E-state index is 12.4. The lowest BCUT2D eigenvalue weighted by Crippen LogP contribution is -2.33. The molecule has 6 nitrogen and oxygen atoms in total.